The fourth-order valence-electron chi connectivity index (χ4n) is 2.14. The number of hydrogen-bond acceptors (Lipinski definition) is 4. The summed E-state index contributed by atoms with van der Waals surface area (Å²) in [5.41, 5.74) is 2.35. The number of hydroxylamine groups is 1. The van der Waals surface area contributed by atoms with E-state index in [-0.39, 0.29) is 0 Å². The van der Waals surface area contributed by atoms with E-state index in [1.807, 2.05) is 55.5 Å². The molecular formula is C17H19NO4. The lowest BCUT2D eigenvalue weighted by Gasteiger charge is -2.23. The monoisotopic (exact) mass is 301 g/mol. The molecule has 0 bridgehead atoms. The van der Waals surface area contributed by atoms with Gasteiger partial charge in [-0.05, 0) is 24.6 Å². The fraction of sp³-hybridized carbons (Fsp3) is 0.235. The molecule has 2 rings (SSSR count). The molecule has 116 valence electrons. The highest BCUT2D eigenvalue weighted by molar-refractivity contribution is 5.87. The number of carbonyl (C=O) groups is 1. The minimum Gasteiger partial charge on any atom is -0.489 e. The first-order valence-electron chi connectivity index (χ1n) is 6.86. The third kappa shape index (κ3) is 3.56. The Labute approximate surface area is 130 Å². The Balaban J connectivity index is 2.28. The van der Waals surface area contributed by atoms with Crippen LogP contribution >= 0.6 is 0 Å². The second-order valence-corrected chi connectivity index (χ2v) is 4.63. The molecule has 5 heteroatoms. The molecule has 0 saturated carbocycles. The summed E-state index contributed by atoms with van der Waals surface area (Å²) in [6.45, 7) is 2.22. The van der Waals surface area contributed by atoms with E-state index < -0.39 is 6.09 Å². The average molecular weight is 301 g/mol. The van der Waals surface area contributed by atoms with E-state index in [0.29, 0.717) is 12.3 Å². The number of hydrogen-bond donors (Lipinski definition) is 0. The first-order valence-corrected chi connectivity index (χ1v) is 6.86. The molecule has 0 atom stereocenters. The molecule has 0 radical (unpaired) electrons. The number of ether oxygens (including phenoxy) is 2. The van der Waals surface area contributed by atoms with E-state index >= 15 is 0 Å². The minimum atomic E-state index is -0.585. The molecule has 0 aliphatic rings. The van der Waals surface area contributed by atoms with Crippen LogP contribution in [-0.4, -0.2) is 20.3 Å². The van der Waals surface area contributed by atoms with E-state index in [2.05, 4.69) is 0 Å². The van der Waals surface area contributed by atoms with Crippen molar-refractivity contribution in [1.29, 1.82) is 0 Å². The summed E-state index contributed by atoms with van der Waals surface area (Å²) in [6.07, 6.45) is -0.585. The van der Waals surface area contributed by atoms with Gasteiger partial charge in [0, 0.05) is 5.56 Å². The van der Waals surface area contributed by atoms with Gasteiger partial charge in [0.05, 0.1) is 19.9 Å². The van der Waals surface area contributed by atoms with Gasteiger partial charge in [-0.2, -0.15) is 5.06 Å². The zero-order valence-electron chi connectivity index (χ0n) is 12.9. The maximum absolute atomic E-state index is 11.9. The summed E-state index contributed by atoms with van der Waals surface area (Å²) >= 11 is 0. The van der Waals surface area contributed by atoms with Gasteiger partial charge in [-0.15, -0.1) is 0 Å². The van der Waals surface area contributed by atoms with E-state index in [1.165, 1.54) is 14.2 Å². The maximum atomic E-state index is 11.9. The van der Waals surface area contributed by atoms with Gasteiger partial charge in [0.2, 0.25) is 0 Å². The maximum Gasteiger partial charge on any atom is 0.438 e. The van der Waals surface area contributed by atoms with E-state index in [1.54, 1.807) is 0 Å². The highest BCUT2D eigenvalue weighted by Gasteiger charge is 2.21. The Bertz CT molecular complexity index is 628. The number of nitrogens with zero attached hydrogens (tertiary/aromatic N) is 1. The molecule has 1 amide bonds. The van der Waals surface area contributed by atoms with Crippen LogP contribution in [0, 0.1) is 6.92 Å². The number of methoxy groups -OCH3 is 1. The summed E-state index contributed by atoms with van der Waals surface area (Å²) in [5.74, 6) is 0.761. The fourth-order valence-corrected chi connectivity index (χ4v) is 2.14. The minimum absolute atomic E-state index is 0.317. The second-order valence-electron chi connectivity index (χ2n) is 4.63. The number of benzene rings is 2. The lowest BCUT2D eigenvalue weighted by Crippen LogP contribution is -2.31. The quantitative estimate of drug-likeness (QED) is 0.790. The Morgan fingerprint density at radius 3 is 2.41 bits per heavy atom. The zero-order valence-corrected chi connectivity index (χ0v) is 12.9. The number of carbonyl (C=O) groups excluding carboxylic acids is 1. The first-order chi connectivity index (χ1) is 10.7. The van der Waals surface area contributed by atoms with Crippen LogP contribution in [0.3, 0.4) is 0 Å². The number of amides is 1. The number of aryl methyl sites for hydroxylation is 1. The van der Waals surface area contributed by atoms with Gasteiger partial charge in [-0.25, -0.2) is 4.79 Å². The average Bonchev–Trinajstić information content (AvgIpc) is 2.56. The summed E-state index contributed by atoms with van der Waals surface area (Å²) in [5, 5.41) is 1.12. The Hall–Kier alpha value is -2.53. The molecule has 0 heterocycles. The van der Waals surface area contributed by atoms with Gasteiger partial charge in [0.1, 0.15) is 12.4 Å². The topological polar surface area (TPSA) is 48.0 Å². The molecule has 0 spiro atoms. The molecule has 0 unspecified atom stereocenters. The summed E-state index contributed by atoms with van der Waals surface area (Å²) in [6, 6.07) is 15.2. The van der Waals surface area contributed by atoms with Crippen molar-refractivity contribution in [2.45, 2.75) is 13.5 Å². The number of para-hydroxylation sites is 2. The lowest BCUT2D eigenvalue weighted by molar-refractivity contribution is 0.115. The van der Waals surface area contributed by atoms with Crippen LogP contribution in [0.1, 0.15) is 11.1 Å². The predicted octanol–water partition coefficient (Wildman–Crippen LogP) is 3.71. The summed E-state index contributed by atoms with van der Waals surface area (Å²) in [7, 11) is 2.73. The van der Waals surface area contributed by atoms with Crippen molar-refractivity contribution in [2.24, 2.45) is 0 Å². The van der Waals surface area contributed by atoms with Gasteiger partial charge in [-0.1, -0.05) is 36.4 Å². The largest absolute Gasteiger partial charge is 0.489 e. The molecule has 0 aliphatic heterocycles. The molecule has 0 saturated heterocycles. The van der Waals surface area contributed by atoms with Gasteiger partial charge >= 0.3 is 6.09 Å². The van der Waals surface area contributed by atoms with Crippen LogP contribution in [0.4, 0.5) is 10.5 Å². The normalized spacial score (nSPS) is 10.1. The molecule has 2 aromatic rings. The van der Waals surface area contributed by atoms with Gasteiger partial charge in [0.15, 0.2) is 0 Å². The van der Waals surface area contributed by atoms with Crippen molar-refractivity contribution in [1.82, 2.24) is 0 Å². The van der Waals surface area contributed by atoms with Crippen molar-refractivity contribution < 1.29 is 19.1 Å². The third-order valence-electron chi connectivity index (χ3n) is 3.18. The van der Waals surface area contributed by atoms with Gasteiger partial charge < -0.3 is 9.47 Å². The van der Waals surface area contributed by atoms with E-state index in [0.717, 1.165) is 21.9 Å². The van der Waals surface area contributed by atoms with E-state index in [4.69, 9.17) is 14.3 Å². The molecule has 0 fully saturated rings. The van der Waals surface area contributed by atoms with Crippen LogP contribution in [-0.2, 0) is 16.2 Å². The highest BCUT2D eigenvalue weighted by atomic mass is 16.7. The third-order valence-corrected chi connectivity index (χ3v) is 3.18. The van der Waals surface area contributed by atoms with Crippen LogP contribution < -0.4 is 9.80 Å². The zero-order chi connectivity index (χ0) is 15.9. The molecule has 5 nitrogen and oxygen atoms in total. The van der Waals surface area contributed by atoms with Crippen LogP contribution in [0.5, 0.6) is 5.75 Å². The Morgan fingerprint density at radius 1 is 1.05 bits per heavy atom. The van der Waals surface area contributed by atoms with Crippen LogP contribution in [0.25, 0.3) is 0 Å². The lowest BCUT2D eigenvalue weighted by atomic mass is 10.1. The summed E-state index contributed by atoms with van der Waals surface area (Å²) < 4.78 is 10.5. The molecule has 0 aliphatic carbocycles. The SMILES string of the molecule is COC(=O)N(OC)c1c(C)cccc1COc1ccccc1. The predicted molar refractivity (Wildman–Crippen MR) is 83.8 cm³/mol. The molecular weight excluding hydrogens is 282 g/mol. The number of anilines is 1. The standard InChI is InChI=1S/C17H19NO4/c1-13-8-7-9-14(12-22-15-10-5-4-6-11-15)16(13)18(21-3)17(19)20-2/h4-11H,12H2,1-3H3. The molecule has 2 aromatic carbocycles. The molecule has 0 aromatic heterocycles. The second kappa shape index (κ2) is 7.47. The van der Waals surface area contributed by atoms with Crippen molar-refractivity contribution >= 4 is 11.8 Å². The van der Waals surface area contributed by atoms with Crippen molar-refractivity contribution in [3.05, 3.63) is 59.7 Å². The van der Waals surface area contributed by atoms with Crippen molar-refractivity contribution in [3.8, 4) is 5.75 Å². The first kappa shape index (κ1) is 15.9. The highest BCUT2D eigenvalue weighted by Crippen LogP contribution is 2.27. The number of rotatable bonds is 5. The smallest absolute Gasteiger partial charge is 0.438 e. The van der Waals surface area contributed by atoms with Crippen molar-refractivity contribution in [3.63, 3.8) is 0 Å². The van der Waals surface area contributed by atoms with Crippen LogP contribution in [0.2, 0.25) is 0 Å². The van der Waals surface area contributed by atoms with E-state index in [9.17, 15) is 4.79 Å². The molecule has 0 N–H and O–H groups in total. The van der Waals surface area contributed by atoms with Crippen LogP contribution in [0.15, 0.2) is 48.5 Å². The Morgan fingerprint density at radius 2 is 1.77 bits per heavy atom. The van der Waals surface area contributed by atoms with Gasteiger partial charge in [-0.3, -0.25) is 4.84 Å². The van der Waals surface area contributed by atoms with Crippen molar-refractivity contribution in [2.75, 3.05) is 19.3 Å². The molecule has 22 heavy (non-hydrogen) atoms. The Kier molecular flexibility index (Phi) is 5.38. The summed E-state index contributed by atoms with van der Waals surface area (Å²) in [4.78, 5) is 17.0. The van der Waals surface area contributed by atoms with Gasteiger partial charge in [0.25, 0.3) is 0 Å².